The quantitative estimate of drug-likeness (QED) is 0.0263. The molecule has 4 atom stereocenters. The highest BCUT2D eigenvalue weighted by Gasteiger charge is 2.20. The highest BCUT2D eigenvalue weighted by molar-refractivity contribution is 8.15. The third-order valence-electron chi connectivity index (χ3n) is 13.2. The summed E-state index contributed by atoms with van der Waals surface area (Å²) in [7, 11) is 0. The van der Waals surface area contributed by atoms with Gasteiger partial charge in [-0.05, 0) is 77.0 Å². The predicted octanol–water partition coefficient (Wildman–Crippen LogP) is 14.7. The van der Waals surface area contributed by atoms with Crippen LogP contribution in [0.4, 0.5) is 0 Å². The average molecular weight is 1050 g/mol. The molecule has 4 unspecified atom stereocenters. The number of unbranched alkanes of at least 4 members (excludes halogenated alkanes) is 24. The maximum atomic E-state index is 13.0. The van der Waals surface area contributed by atoms with Gasteiger partial charge in [-0.3, -0.25) is 24.2 Å². The fourth-order valence-electron chi connectivity index (χ4n) is 8.69. The summed E-state index contributed by atoms with van der Waals surface area (Å²) in [6, 6.07) is 0. The Labute approximate surface area is 451 Å². The molecule has 0 aliphatic heterocycles. The molecule has 0 aromatic rings. The maximum absolute atomic E-state index is 13.0. The molecule has 0 fully saturated rings. The van der Waals surface area contributed by atoms with E-state index in [1.54, 1.807) is 0 Å². The second kappa shape index (κ2) is 54.2. The van der Waals surface area contributed by atoms with Crippen molar-refractivity contribution in [1.82, 2.24) is 9.80 Å². The van der Waals surface area contributed by atoms with Crippen LogP contribution in [0.5, 0.6) is 0 Å². The molecule has 11 heteroatoms. The molecular weight excluding hydrogens is 937 g/mol. The van der Waals surface area contributed by atoms with E-state index < -0.39 is 35.3 Å². The van der Waals surface area contributed by atoms with Crippen LogP contribution in [0.1, 0.15) is 246 Å². The highest BCUT2D eigenvalue weighted by atomic mass is 32.2. The van der Waals surface area contributed by atoms with Gasteiger partial charge < -0.3 is 20.4 Å². The molecule has 0 amide bonds. The Morgan fingerprint density at radius 3 is 0.958 bits per heavy atom. The van der Waals surface area contributed by atoms with E-state index in [4.69, 9.17) is 0 Å². The first-order valence-corrected chi connectivity index (χ1v) is 31.7. The molecular formula is C61H112N2O7S2. The van der Waals surface area contributed by atoms with Crippen molar-refractivity contribution in [2.45, 2.75) is 270 Å². The normalized spacial score (nSPS) is 14.0. The van der Waals surface area contributed by atoms with Crippen LogP contribution < -0.4 is 0 Å². The zero-order valence-electron chi connectivity index (χ0n) is 46.9. The fraction of sp³-hybridized carbons (Fsp3) is 0.820. The van der Waals surface area contributed by atoms with Crippen LogP contribution in [-0.2, 0) is 14.4 Å². The summed E-state index contributed by atoms with van der Waals surface area (Å²) in [6.45, 7) is 11.3. The number of thioether (sulfide) groups is 2. The Morgan fingerprint density at radius 1 is 0.375 bits per heavy atom. The number of hydrogen-bond donors (Lipinski definition) is 4. The van der Waals surface area contributed by atoms with Gasteiger partial charge in [-0.1, -0.05) is 228 Å². The van der Waals surface area contributed by atoms with Crippen LogP contribution in [0, 0.1) is 0 Å². The molecule has 0 saturated heterocycles. The Bertz CT molecular complexity index is 1290. The zero-order chi connectivity index (χ0) is 53.0. The van der Waals surface area contributed by atoms with E-state index in [0.29, 0.717) is 76.5 Å². The summed E-state index contributed by atoms with van der Waals surface area (Å²) in [4.78, 5) is 42.8. The summed E-state index contributed by atoms with van der Waals surface area (Å²) >= 11 is 2.07. The lowest BCUT2D eigenvalue weighted by atomic mass is 10.1. The number of hydrogen-bond acceptors (Lipinski definition) is 11. The number of nitrogens with zero attached hydrogens (tertiary/aromatic N) is 2. The first kappa shape index (κ1) is 70.4. The Hall–Kier alpha value is -1.57. The molecule has 420 valence electrons. The molecule has 0 saturated carbocycles. The molecule has 0 bridgehead atoms. The number of aliphatic hydroxyl groups is 4. The van der Waals surface area contributed by atoms with Gasteiger partial charge in [-0.2, -0.15) is 0 Å². The van der Waals surface area contributed by atoms with E-state index in [2.05, 4.69) is 64.2 Å². The largest absolute Gasteiger partial charge is 0.391 e. The number of carbonyl (C=O) groups excluding carboxylic acids is 3. The maximum Gasteiger partial charge on any atom is 0.255 e. The topological polar surface area (TPSA) is 139 Å². The van der Waals surface area contributed by atoms with Gasteiger partial charge in [0.15, 0.2) is 5.12 Å². The number of rotatable bonds is 54. The number of allylic oxidation sites excluding steroid dienone is 4. The van der Waals surface area contributed by atoms with Crippen LogP contribution in [0.15, 0.2) is 48.6 Å². The third kappa shape index (κ3) is 49.3. The predicted molar refractivity (Wildman–Crippen MR) is 313 cm³/mol. The summed E-state index contributed by atoms with van der Waals surface area (Å²) < 4.78 is 0. The number of ketones is 1. The Morgan fingerprint density at radius 2 is 0.653 bits per heavy atom. The molecule has 0 aliphatic carbocycles. The van der Waals surface area contributed by atoms with E-state index in [0.717, 1.165) is 74.9 Å². The van der Waals surface area contributed by atoms with Gasteiger partial charge in [0.1, 0.15) is 0 Å². The molecule has 0 radical (unpaired) electrons. The van der Waals surface area contributed by atoms with Gasteiger partial charge in [0.2, 0.25) is 5.78 Å². The Balaban J connectivity index is 5.13. The summed E-state index contributed by atoms with van der Waals surface area (Å²) in [6.07, 6.45) is 50.5. The number of Topliss-reactive ketones (excluding diaryl/α,β-unsaturated/α-hetero) is 1. The number of carbonyl (C=O) groups is 3. The standard InChI is InChI=1S/C61H112N2O7S2/c1-5-9-13-17-21-25-29-33-37-41-55(64)51-62(52-56(65)42-38-34-30-26-22-18-14-10-6-2)47-49-71-60(69)46-45-59(68)61(70)72-50-48-63(53-57(66)43-39-35-31-27-23-19-15-11-7-3)54-58(67)44-40-36-32-28-24-20-16-12-8-4/h33-40,55-58,64-67H,5-32,41-54H2,1-4H3/b37-33-,38-34-,39-35-,40-36-. The van der Waals surface area contributed by atoms with Crippen molar-refractivity contribution in [3.8, 4) is 0 Å². The lowest BCUT2D eigenvalue weighted by Gasteiger charge is -2.26. The monoisotopic (exact) mass is 1050 g/mol. The van der Waals surface area contributed by atoms with Crippen LogP contribution in [-0.4, -0.2) is 121 Å². The first-order valence-electron chi connectivity index (χ1n) is 29.7. The van der Waals surface area contributed by atoms with E-state index in [1.165, 1.54) is 128 Å². The second-order valence-electron chi connectivity index (χ2n) is 20.5. The van der Waals surface area contributed by atoms with Crippen molar-refractivity contribution >= 4 is 39.5 Å². The van der Waals surface area contributed by atoms with Crippen molar-refractivity contribution < 1.29 is 34.8 Å². The van der Waals surface area contributed by atoms with E-state index >= 15 is 0 Å². The lowest BCUT2D eigenvalue weighted by Crippen LogP contribution is -2.39. The number of aliphatic hydroxyl groups excluding tert-OH is 4. The molecule has 0 heterocycles. The smallest absolute Gasteiger partial charge is 0.255 e. The van der Waals surface area contributed by atoms with Gasteiger partial charge >= 0.3 is 0 Å². The minimum Gasteiger partial charge on any atom is -0.391 e. The van der Waals surface area contributed by atoms with Crippen LogP contribution >= 0.6 is 23.5 Å². The van der Waals surface area contributed by atoms with Crippen molar-refractivity contribution in [3.63, 3.8) is 0 Å². The summed E-state index contributed by atoms with van der Waals surface area (Å²) in [5, 5.41) is 43.1. The van der Waals surface area contributed by atoms with Gasteiger partial charge in [0.25, 0.3) is 5.12 Å². The van der Waals surface area contributed by atoms with Gasteiger partial charge in [-0.15, -0.1) is 0 Å². The van der Waals surface area contributed by atoms with Gasteiger partial charge in [0, 0.05) is 63.6 Å². The molecule has 0 spiro atoms. The molecule has 0 rings (SSSR count). The highest BCUT2D eigenvalue weighted by Crippen LogP contribution is 2.16. The molecule has 0 aliphatic rings. The third-order valence-corrected chi connectivity index (χ3v) is 15.0. The van der Waals surface area contributed by atoms with Crippen molar-refractivity contribution in [3.05, 3.63) is 48.6 Å². The van der Waals surface area contributed by atoms with Crippen molar-refractivity contribution in [1.29, 1.82) is 0 Å². The lowest BCUT2D eigenvalue weighted by molar-refractivity contribution is -0.132. The van der Waals surface area contributed by atoms with Crippen molar-refractivity contribution in [2.24, 2.45) is 0 Å². The summed E-state index contributed by atoms with van der Waals surface area (Å²) in [5.41, 5.74) is 0. The minimum absolute atomic E-state index is 0.0306. The van der Waals surface area contributed by atoms with E-state index in [-0.39, 0.29) is 18.0 Å². The molecule has 9 nitrogen and oxygen atoms in total. The molecule has 72 heavy (non-hydrogen) atoms. The Kier molecular flexibility index (Phi) is 53.0. The van der Waals surface area contributed by atoms with Gasteiger partial charge in [-0.25, -0.2) is 0 Å². The van der Waals surface area contributed by atoms with E-state index in [1.807, 2.05) is 22.0 Å². The molecule has 0 aromatic heterocycles. The average Bonchev–Trinajstić information content (AvgIpc) is 3.35. The fourth-order valence-corrected chi connectivity index (χ4v) is 10.3. The minimum atomic E-state index is -0.613. The molecule has 4 N–H and O–H groups in total. The van der Waals surface area contributed by atoms with Crippen LogP contribution in [0.2, 0.25) is 0 Å². The second-order valence-corrected chi connectivity index (χ2v) is 22.7. The van der Waals surface area contributed by atoms with Crippen LogP contribution in [0.3, 0.4) is 0 Å². The van der Waals surface area contributed by atoms with Crippen LogP contribution in [0.25, 0.3) is 0 Å². The summed E-state index contributed by atoms with van der Waals surface area (Å²) in [5.74, 6) is 0.216. The SMILES string of the molecule is CCCCCCCC/C=C\CC(O)CN(CCSC(=O)CCC(=O)C(=O)SCCN(CC(O)C/C=C\CCCCCCCC)CC(O)C/C=C\CCCCCCCC)CC(O)C/C=C\CCCCCCCC. The van der Waals surface area contributed by atoms with Gasteiger partial charge in [0.05, 0.1) is 24.4 Å². The first-order chi connectivity index (χ1) is 35.1. The van der Waals surface area contributed by atoms with E-state index in [9.17, 15) is 34.8 Å². The van der Waals surface area contributed by atoms with Crippen molar-refractivity contribution in [2.75, 3.05) is 50.8 Å². The zero-order valence-corrected chi connectivity index (χ0v) is 48.5. The molecule has 0 aromatic carbocycles.